The minimum Gasteiger partial charge on any atom is -0.460 e. The summed E-state index contributed by atoms with van der Waals surface area (Å²) < 4.78 is 5.81. The molecule has 0 aliphatic heterocycles. The Morgan fingerprint density at radius 2 is 2.00 bits per heavy atom. The summed E-state index contributed by atoms with van der Waals surface area (Å²) in [6.45, 7) is 4.97. The highest BCUT2D eigenvalue weighted by Crippen LogP contribution is 2.27. The minimum absolute atomic E-state index is 0.273. The van der Waals surface area contributed by atoms with Crippen molar-refractivity contribution >= 4 is 40.3 Å². The predicted octanol–water partition coefficient (Wildman–Crippen LogP) is 3.69. The Hall–Kier alpha value is -2.34. The van der Waals surface area contributed by atoms with Gasteiger partial charge in [0.25, 0.3) is 5.91 Å². The molecule has 0 spiro atoms. The van der Waals surface area contributed by atoms with Crippen molar-refractivity contribution in [2.24, 2.45) is 0 Å². The lowest BCUT2D eigenvalue weighted by atomic mass is 10.1. The fraction of sp³-hybridized carbons (Fsp3) is 0.368. The number of aryl methyl sites for hydroxylation is 1. The van der Waals surface area contributed by atoms with E-state index in [1.165, 1.54) is 6.08 Å². The number of rotatable bonds is 7. The van der Waals surface area contributed by atoms with Crippen molar-refractivity contribution in [3.05, 3.63) is 41.7 Å². The normalized spacial score (nSPS) is 11.0. The quantitative estimate of drug-likeness (QED) is 0.304. The summed E-state index contributed by atoms with van der Waals surface area (Å²) in [7, 11) is 0. The number of amides is 1. The number of benzene rings is 1. The van der Waals surface area contributed by atoms with E-state index in [0.29, 0.717) is 5.11 Å². The first-order chi connectivity index (χ1) is 12.2. The minimum atomic E-state index is -0.273. The fourth-order valence-corrected chi connectivity index (χ4v) is 2.65. The Morgan fingerprint density at radius 1 is 1.20 bits per heavy atom. The molecule has 0 aliphatic rings. The van der Waals surface area contributed by atoms with Crippen molar-refractivity contribution in [2.45, 2.75) is 39.5 Å². The first-order valence-electron chi connectivity index (χ1n) is 8.68. The topological polar surface area (TPSA) is 66.3 Å². The van der Waals surface area contributed by atoms with Crippen molar-refractivity contribution in [2.75, 3.05) is 6.54 Å². The van der Waals surface area contributed by atoms with Crippen LogP contribution >= 0.6 is 12.2 Å². The average molecular weight is 359 g/mol. The number of carbonyl (C=O) groups is 1. The molecule has 1 aromatic carbocycles. The number of fused-ring (bicyclic) bond motifs is 1. The molecule has 2 aromatic rings. The molecule has 0 unspecified atom stereocenters. The van der Waals surface area contributed by atoms with Gasteiger partial charge in [0.15, 0.2) is 5.11 Å². The highest BCUT2D eigenvalue weighted by atomic mass is 32.1. The third-order valence-corrected chi connectivity index (χ3v) is 4.04. The number of hydrogen-bond donors (Lipinski definition) is 3. The van der Waals surface area contributed by atoms with Gasteiger partial charge in [0.2, 0.25) is 0 Å². The molecule has 0 saturated carbocycles. The summed E-state index contributed by atoms with van der Waals surface area (Å²) in [5.74, 6) is 0.594. The van der Waals surface area contributed by atoms with Gasteiger partial charge in [-0.15, -0.1) is 0 Å². The Kier molecular flexibility index (Phi) is 7.47. The smallest absolute Gasteiger partial charge is 0.262 e. The maximum absolute atomic E-state index is 12.0. The van der Waals surface area contributed by atoms with Gasteiger partial charge < -0.3 is 9.73 Å². The molecular formula is C19H25N3O2S. The van der Waals surface area contributed by atoms with E-state index in [1.807, 2.05) is 31.2 Å². The molecule has 0 bridgehead atoms. The number of hydrogen-bond acceptors (Lipinski definition) is 3. The third kappa shape index (κ3) is 5.60. The summed E-state index contributed by atoms with van der Waals surface area (Å²) in [5, 5.41) is 4.47. The van der Waals surface area contributed by atoms with Gasteiger partial charge in [0.05, 0.1) is 0 Å². The number of unbranched alkanes of at least 4 members (excludes halogenated alkanes) is 2. The fourth-order valence-electron chi connectivity index (χ4n) is 2.50. The van der Waals surface area contributed by atoms with Crippen molar-refractivity contribution in [3.63, 3.8) is 0 Å². The molecule has 1 aromatic heterocycles. The zero-order valence-electron chi connectivity index (χ0n) is 14.7. The van der Waals surface area contributed by atoms with E-state index in [2.05, 4.69) is 23.1 Å². The number of thiocarbonyl (C=S) groups is 1. The molecule has 6 heteroatoms. The van der Waals surface area contributed by atoms with E-state index in [1.54, 1.807) is 6.08 Å². The summed E-state index contributed by atoms with van der Waals surface area (Å²) in [6, 6.07) is 7.81. The van der Waals surface area contributed by atoms with E-state index < -0.39 is 0 Å². The van der Waals surface area contributed by atoms with Crippen LogP contribution in [0.5, 0.6) is 0 Å². The predicted molar refractivity (Wildman–Crippen MR) is 106 cm³/mol. The first-order valence-corrected chi connectivity index (χ1v) is 9.08. The molecule has 25 heavy (non-hydrogen) atoms. The summed E-state index contributed by atoms with van der Waals surface area (Å²) in [5.41, 5.74) is 7.03. The van der Waals surface area contributed by atoms with E-state index >= 15 is 0 Å². The first kappa shape index (κ1) is 19.0. The van der Waals surface area contributed by atoms with E-state index in [9.17, 15) is 4.79 Å². The molecule has 134 valence electrons. The molecule has 3 N–H and O–H groups in total. The molecule has 0 fully saturated rings. The SMILES string of the molecule is CCCCCNC(=S)NNC(=O)/C=C/c1c(CC)oc2ccccc12. The molecule has 1 heterocycles. The number of carbonyl (C=O) groups excluding carboxylic acids is 1. The van der Waals surface area contributed by atoms with Crippen LogP contribution in [0.4, 0.5) is 0 Å². The second-order valence-electron chi connectivity index (χ2n) is 5.70. The Bertz CT molecular complexity index is 752. The van der Waals surface area contributed by atoms with Crippen LogP contribution < -0.4 is 16.2 Å². The molecule has 1 amide bonds. The summed E-state index contributed by atoms with van der Waals surface area (Å²) >= 11 is 5.11. The lowest BCUT2D eigenvalue weighted by Crippen LogP contribution is -2.46. The largest absolute Gasteiger partial charge is 0.460 e. The number of para-hydroxylation sites is 1. The monoisotopic (exact) mass is 359 g/mol. The van der Waals surface area contributed by atoms with Crippen molar-refractivity contribution < 1.29 is 9.21 Å². The van der Waals surface area contributed by atoms with Gasteiger partial charge in [-0.25, -0.2) is 0 Å². The van der Waals surface area contributed by atoms with Crippen LogP contribution in [0, 0.1) is 0 Å². The third-order valence-electron chi connectivity index (χ3n) is 3.80. The number of hydrazine groups is 1. The van der Waals surface area contributed by atoms with Crippen molar-refractivity contribution in [1.82, 2.24) is 16.2 Å². The van der Waals surface area contributed by atoms with E-state index in [-0.39, 0.29) is 5.91 Å². The van der Waals surface area contributed by atoms with Gasteiger partial charge in [-0.2, -0.15) is 0 Å². The van der Waals surface area contributed by atoms with E-state index in [0.717, 1.165) is 54.5 Å². The average Bonchev–Trinajstić information content (AvgIpc) is 2.99. The zero-order valence-corrected chi connectivity index (χ0v) is 15.5. The Balaban J connectivity index is 1.89. The van der Waals surface area contributed by atoms with Gasteiger partial charge in [-0.3, -0.25) is 15.6 Å². The van der Waals surface area contributed by atoms with Gasteiger partial charge in [0, 0.05) is 30.0 Å². The molecule has 2 rings (SSSR count). The van der Waals surface area contributed by atoms with E-state index in [4.69, 9.17) is 16.6 Å². The summed E-state index contributed by atoms with van der Waals surface area (Å²) in [4.78, 5) is 12.0. The van der Waals surface area contributed by atoms with Crippen molar-refractivity contribution in [1.29, 1.82) is 0 Å². The van der Waals surface area contributed by atoms with Crippen LogP contribution in [0.25, 0.3) is 17.0 Å². The number of furan rings is 1. The van der Waals surface area contributed by atoms with Crippen LogP contribution in [0.3, 0.4) is 0 Å². The highest BCUT2D eigenvalue weighted by molar-refractivity contribution is 7.80. The van der Waals surface area contributed by atoms with Crippen LogP contribution in [0.1, 0.15) is 44.4 Å². The Labute approximate surface area is 153 Å². The Morgan fingerprint density at radius 3 is 2.76 bits per heavy atom. The van der Waals surface area contributed by atoms with Crippen molar-refractivity contribution in [3.8, 4) is 0 Å². The molecule has 0 saturated heterocycles. The van der Waals surface area contributed by atoms with Gasteiger partial charge >= 0.3 is 0 Å². The zero-order chi connectivity index (χ0) is 18.1. The maximum Gasteiger partial charge on any atom is 0.262 e. The number of nitrogens with one attached hydrogen (secondary N) is 3. The molecule has 5 nitrogen and oxygen atoms in total. The molecule has 0 atom stereocenters. The van der Waals surface area contributed by atoms with Crippen LogP contribution in [-0.4, -0.2) is 17.6 Å². The maximum atomic E-state index is 12.0. The lowest BCUT2D eigenvalue weighted by molar-refractivity contribution is -0.116. The lowest BCUT2D eigenvalue weighted by Gasteiger charge is -2.09. The summed E-state index contributed by atoms with van der Waals surface area (Å²) in [6.07, 6.45) is 7.39. The van der Waals surface area contributed by atoms with Crippen LogP contribution in [-0.2, 0) is 11.2 Å². The van der Waals surface area contributed by atoms with Crippen LogP contribution in [0.2, 0.25) is 0 Å². The standard InChI is InChI=1S/C19H25N3O2S/c1-3-5-8-13-20-19(25)22-21-18(23)12-11-15-14-9-6-7-10-17(14)24-16(15)4-2/h6-7,9-12H,3-5,8,13H2,1-2H3,(H,21,23)(H2,20,22,25)/b12-11+. The molecule has 0 aliphatic carbocycles. The van der Waals surface area contributed by atoms with Gasteiger partial charge in [0.1, 0.15) is 11.3 Å². The molecule has 0 radical (unpaired) electrons. The molecular weight excluding hydrogens is 334 g/mol. The van der Waals surface area contributed by atoms with Gasteiger partial charge in [-0.05, 0) is 30.8 Å². The van der Waals surface area contributed by atoms with Gasteiger partial charge in [-0.1, -0.05) is 44.9 Å². The second-order valence-corrected chi connectivity index (χ2v) is 6.11. The van der Waals surface area contributed by atoms with Crippen LogP contribution in [0.15, 0.2) is 34.8 Å². The highest BCUT2D eigenvalue weighted by Gasteiger charge is 2.10. The second kappa shape index (κ2) is 9.84.